The lowest BCUT2D eigenvalue weighted by atomic mass is 10.0. The molecule has 0 aliphatic heterocycles. The van der Waals surface area contributed by atoms with E-state index in [1.54, 1.807) is 12.4 Å². The van der Waals surface area contributed by atoms with E-state index in [1.165, 1.54) is 11.1 Å². The van der Waals surface area contributed by atoms with Crippen LogP contribution < -0.4 is 15.4 Å². The summed E-state index contributed by atoms with van der Waals surface area (Å²) < 4.78 is 5.62. The molecule has 1 aromatic heterocycles. The van der Waals surface area contributed by atoms with Gasteiger partial charge in [0.25, 0.3) is 0 Å². The van der Waals surface area contributed by atoms with Gasteiger partial charge >= 0.3 is 0 Å². The smallest absolute Gasteiger partial charge is 0.191 e. The zero-order valence-electron chi connectivity index (χ0n) is 15.0. The maximum absolute atomic E-state index is 5.62. The minimum Gasteiger partial charge on any atom is -0.490 e. The molecule has 2 rings (SSSR count). The fourth-order valence-electron chi connectivity index (χ4n) is 2.43. The predicted octanol–water partition coefficient (Wildman–Crippen LogP) is 3.70. The fraction of sp³-hybridized carbons (Fsp3) is 0.368. The Bertz CT molecular complexity index is 649. The van der Waals surface area contributed by atoms with Gasteiger partial charge in [0.05, 0.1) is 18.8 Å². The van der Waals surface area contributed by atoms with Crippen LogP contribution in [0.2, 0.25) is 0 Å². The number of aliphatic imine (C=N–C) groups is 1. The molecule has 1 atom stereocenters. The third kappa shape index (κ3) is 7.29. The molecule has 2 N–H and O–H groups in total. The van der Waals surface area contributed by atoms with Crippen LogP contribution in [0.5, 0.6) is 5.75 Å². The summed E-state index contributed by atoms with van der Waals surface area (Å²) in [5.41, 5.74) is 2.54. The van der Waals surface area contributed by atoms with Crippen molar-refractivity contribution in [1.82, 2.24) is 15.6 Å². The van der Waals surface area contributed by atoms with Crippen molar-refractivity contribution in [2.45, 2.75) is 26.8 Å². The number of benzene rings is 1. The Hall–Kier alpha value is -1.83. The average molecular weight is 454 g/mol. The van der Waals surface area contributed by atoms with Crippen LogP contribution >= 0.6 is 24.0 Å². The second kappa shape index (κ2) is 11.7. The van der Waals surface area contributed by atoms with E-state index in [0.717, 1.165) is 18.3 Å². The van der Waals surface area contributed by atoms with Gasteiger partial charge in [-0.15, -0.1) is 24.0 Å². The Morgan fingerprint density at radius 3 is 2.72 bits per heavy atom. The van der Waals surface area contributed by atoms with E-state index in [4.69, 9.17) is 4.74 Å². The number of hydrogen-bond donors (Lipinski definition) is 2. The molecule has 0 aliphatic rings. The molecule has 0 fully saturated rings. The number of nitrogens with one attached hydrogen (secondary N) is 2. The van der Waals surface area contributed by atoms with Gasteiger partial charge in [-0.2, -0.15) is 0 Å². The third-order valence-electron chi connectivity index (χ3n) is 3.62. The van der Waals surface area contributed by atoms with Crippen molar-refractivity contribution in [1.29, 1.82) is 0 Å². The number of ether oxygens (including phenoxy) is 1. The highest BCUT2D eigenvalue weighted by molar-refractivity contribution is 14.0. The summed E-state index contributed by atoms with van der Waals surface area (Å²) in [6.45, 7) is 8.23. The van der Waals surface area contributed by atoms with E-state index < -0.39 is 0 Å². The Labute approximate surface area is 167 Å². The highest BCUT2D eigenvalue weighted by Gasteiger charge is 2.09. The molecule has 0 aliphatic carbocycles. The van der Waals surface area contributed by atoms with Gasteiger partial charge in [0.1, 0.15) is 12.4 Å². The number of hydrogen-bond acceptors (Lipinski definition) is 3. The van der Waals surface area contributed by atoms with Crippen molar-refractivity contribution in [3.05, 3.63) is 59.9 Å². The van der Waals surface area contributed by atoms with Crippen LogP contribution in [0.25, 0.3) is 0 Å². The molecular formula is C19H27IN4O. The second-order valence-corrected chi connectivity index (χ2v) is 5.52. The summed E-state index contributed by atoms with van der Waals surface area (Å²) >= 11 is 0. The van der Waals surface area contributed by atoms with E-state index in [2.05, 4.69) is 65.6 Å². The van der Waals surface area contributed by atoms with Crippen LogP contribution in [0.1, 0.15) is 31.0 Å². The number of pyridine rings is 1. The number of aromatic nitrogens is 1. The standard InChI is InChI=1S/C19H26N4O.HI/c1-4-21-19(22-12-13-24-17-9-7-11-20-14-17)23-16(3)18-10-6-5-8-15(18)2;/h5-11,14,16H,4,12-13H2,1-3H3,(H2,21,22,23);1H. The number of nitrogens with zero attached hydrogens (tertiary/aromatic N) is 2. The van der Waals surface area contributed by atoms with Gasteiger partial charge in [-0.05, 0) is 44.0 Å². The lowest BCUT2D eigenvalue weighted by molar-refractivity contribution is 0.327. The molecule has 0 radical (unpaired) electrons. The quantitative estimate of drug-likeness (QED) is 0.290. The lowest BCUT2D eigenvalue weighted by Crippen LogP contribution is -2.39. The van der Waals surface area contributed by atoms with Crippen molar-refractivity contribution >= 4 is 29.9 Å². The van der Waals surface area contributed by atoms with Gasteiger partial charge in [0.15, 0.2) is 5.96 Å². The Morgan fingerprint density at radius 1 is 1.24 bits per heavy atom. The van der Waals surface area contributed by atoms with Gasteiger partial charge in [0, 0.05) is 12.7 Å². The van der Waals surface area contributed by atoms with Gasteiger partial charge in [-0.3, -0.25) is 4.98 Å². The molecule has 0 spiro atoms. The summed E-state index contributed by atoms with van der Waals surface area (Å²) in [7, 11) is 0. The predicted molar refractivity (Wildman–Crippen MR) is 114 cm³/mol. The minimum absolute atomic E-state index is 0. The summed E-state index contributed by atoms with van der Waals surface area (Å²) in [6.07, 6.45) is 3.43. The third-order valence-corrected chi connectivity index (χ3v) is 3.62. The van der Waals surface area contributed by atoms with Crippen LogP contribution in [0.15, 0.2) is 53.8 Å². The average Bonchev–Trinajstić information content (AvgIpc) is 2.60. The van der Waals surface area contributed by atoms with Crippen LogP contribution in [0.4, 0.5) is 0 Å². The maximum Gasteiger partial charge on any atom is 0.191 e. The van der Waals surface area contributed by atoms with Crippen molar-refractivity contribution < 1.29 is 4.74 Å². The first-order chi connectivity index (χ1) is 11.7. The summed E-state index contributed by atoms with van der Waals surface area (Å²) in [5.74, 6) is 1.56. The monoisotopic (exact) mass is 454 g/mol. The number of guanidine groups is 1. The molecule has 0 bridgehead atoms. The molecule has 2 aromatic rings. The van der Waals surface area contributed by atoms with E-state index >= 15 is 0 Å². The van der Waals surface area contributed by atoms with E-state index in [-0.39, 0.29) is 30.0 Å². The van der Waals surface area contributed by atoms with E-state index in [0.29, 0.717) is 13.2 Å². The topological polar surface area (TPSA) is 58.5 Å². The zero-order valence-corrected chi connectivity index (χ0v) is 17.4. The molecule has 6 heteroatoms. The molecular weight excluding hydrogens is 427 g/mol. The van der Waals surface area contributed by atoms with Crippen molar-refractivity contribution in [3.8, 4) is 5.75 Å². The number of halogens is 1. The molecule has 1 heterocycles. The Balaban J connectivity index is 0.00000312. The molecule has 25 heavy (non-hydrogen) atoms. The van der Waals surface area contributed by atoms with Crippen LogP contribution in [0, 0.1) is 6.92 Å². The SMILES string of the molecule is CCNC(=NCCOc1cccnc1)NC(C)c1ccccc1C.I. The fourth-order valence-corrected chi connectivity index (χ4v) is 2.43. The van der Waals surface area contributed by atoms with Crippen molar-refractivity contribution in [3.63, 3.8) is 0 Å². The summed E-state index contributed by atoms with van der Waals surface area (Å²) in [6, 6.07) is 12.3. The lowest BCUT2D eigenvalue weighted by Gasteiger charge is -2.19. The first kappa shape index (κ1) is 21.2. The zero-order chi connectivity index (χ0) is 17.2. The Morgan fingerprint density at radius 2 is 2.04 bits per heavy atom. The maximum atomic E-state index is 5.62. The summed E-state index contributed by atoms with van der Waals surface area (Å²) in [4.78, 5) is 8.60. The van der Waals surface area contributed by atoms with Gasteiger partial charge in [-0.25, -0.2) is 4.99 Å². The largest absolute Gasteiger partial charge is 0.490 e. The molecule has 5 nitrogen and oxygen atoms in total. The van der Waals surface area contributed by atoms with Crippen LogP contribution in [-0.2, 0) is 0 Å². The minimum atomic E-state index is 0. The highest BCUT2D eigenvalue weighted by Crippen LogP contribution is 2.16. The molecule has 0 amide bonds. The number of rotatable bonds is 7. The Kier molecular flexibility index (Phi) is 9.91. The van der Waals surface area contributed by atoms with Crippen LogP contribution in [-0.4, -0.2) is 30.6 Å². The van der Waals surface area contributed by atoms with Gasteiger partial charge in [0.2, 0.25) is 0 Å². The van der Waals surface area contributed by atoms with E-state index in [1.807, 2.05) is 12.1 Å². The van der Waals surface area contributed by atoms with Crippen molar-refractivity contribution in [2.24, 2.45) is 4.99 Å². The van der Waals surface area contributed by atoms with Crippen molar-refractivity contribution in [2.75, 3.05) is 19.7 Å². The molecule has 1 unspecified atom stereocenters. The van der Waals surface area contributed by atoms with Gasteiger partial charge in [-0.1, -0.05) is 24.3 Å². The molecule has 136 valence electrons. The normalized spacial score (nSPS) is 12.0. The van der Waals surface area contributed by atoms with E-state index in [9.17, 15) is 0 Å². The molecule has 1 aromatic carbocycles. The first-order valence-electron chi connectivity index (χ1n) is 8.34. The second-order valence-electron chi connectivity index (χ2n) is 5.52. The highest BCUT2D eigenvalue weighted by atomic mass is 127. The summed E-state index contributed by atoms with van der Waals surface area (Å²) in [5, 5.41) is 6.72. The first-order valence-corrected chi connectivity index (χ1v) is 8.34. The molecule has 0 saturated heterocycles. The number of aryl methyl sites for hydroxylation is 1. The van der Waals surface area contributed by atoms with Crippen LogP contribution in [0.3, 0.4) is 0 Å². The van der Waals surface area contributed by atoms with Gasteiger partial charge < -0.3 is 15.4 Å². The molecule has 0 saturated carbocycles.